The normalized spacial score (nSPS) is 11.7. The summed E-state index contributed by atoms with van der Waals surface area (Å²) in [6.45, 7) is 8.07. The summed E-state index contributed by atoms with van der Waals surface area (Å²) in [5.74, 6) is 0.456. The molecule has 1 N–H and O–H groups in total. The Morgan fingerprint density at radius 3 is 2.43 bits per heavy atom. The van der Waals surface area contributed by atoms with Gasteiger partial charge in [0.1, 0.15) is 18.4 Å². The van der Waals surface area contributed by atoms with Gasteiger partial charge in [-0.05, 0) is 25.3 Å². The van der Waals surface area contributed by atoms with E-state index in [0.29, 0.717) is 6.54 Å². The van der Waals surface area contributed by atoms with Gasteiger partial charge in [-0.3, -0.25) is 9.78 Å². The summed E-state index contributed by atoms with van der Waals surface area (Å²) in [4.78, 5) is 31.3. The third-order valence-corrected chi connectivity index (χ3v) is 4.93. The van der Waals surface area contributed by atoms with E-state index in [4.69, 9.17) is 9.47 Å². The molecule has 2 amide bonds. The Hall–Kier alpha value is -3.09. The van der Waals surface area contributed by atoms with Crippen molar-refractivity contribution in [3.63, 3.8) is 0 Å². The summed E-state index contributed by atoms with van der Waals surface area (Å²) < 4.78 is 10.7. The standard InChI is InChI=1S/C23H31N3O4/c1-15(2)20(25-23(28)30-14-18-10-8-7-9-11-18)22(27)26(5)13-19-17(4)21(29-6)16(3)12-24-19/h7-12,15,20H,13-14H2,1-6H3,(H,25,28)/t20-/m0/s1. The number of alkyl carbamates (subject to hydrolysis) is 1. The number of carbonyl (C=O) groups excluding carboxylic acids is 2. The zero-order chi connectivity index (χ0) is 22.3. The van der Waals surface area contributed by atoms with Crippen LogP contribution in [0.25, 0.3) is 0 Å². The lowest BCUT2D eigenvalue weighted by molar-refractivity contribution is -0.133. The van der Waals surface area contributed by atoms with E-state index in [1.807, 2.05) is 58.0 Å². The smallest absolute Gasteiger partial charge is 0.408 e. The van der Waals surface area contributed by atoms with Crippen LogP contribution in [-0.2, 0) is 22.7 Å². The molecule has 0 spiro atoms. The Bertz CT molecular complexity index is 868. The van der Waals surface area contributed by atoms with Crippen molar-refractivity contribution >= 4 is 12.0 Å². The van der Waals surface area contributed by atoms with Crippen LogP contribution < -0.4 is 10.1 Å². The third kappa shape index (κ3) is 5.95. The molecule has 0 radical (unpaired) electrons. The number of ether oxygens (including phenoxy) is 2. The molecule has 1 heterocycles. The van der Waals surface area contributed by atoms with Gasteiger partial charge in [0.05, 0.1) is 19.3 Å². The van der Waals surface area contributed by atoms with Crippen LogP contribution in [0.1, 0.15) is 36.2 Å². The van der Waals surface area contributed by atoms with Gasteiger partial charge in [-0.25, -0.2) is 4.79 Å². The minimum absolute atomic E-state index is 0.106. The van der Waals surface area contributed by atoms with Crippen molar-refractivity contribution in [3.8, 4) is 5.75 Å². The first-order valence-corrected chi connectivity index (χ1v) is 9.95. The van der Waals surface area contributed by atoms with E-state index in [0.717, 1.165) is 28.1 Å². The molecule has 1 aromatic heterocycles. The second-order valence-electron chi connectivity index (χ2n) is 7.67. The van der Waals surface area contributed by atoms with Gasteiger partial charge < -0.3 is 19.7 Å². The van der Waals surface area contributed by atoms with Gasteiger partial charge in [0, 0.05) is 24.4 Å². The average Bonchev–Trinajstić information content (AvgIpc) is 2.73. The Morgan fingerprint density at radius 1 is 1.17 bits per heavy atom. The van der Waals surface area contributed by atoms with Gasteiger partial charge in [-0.2, -0.15) is 0 Å². The van der Waals surface area contributed by atoms with Gasteiger partial charge in [0.2, 0.25) is 5.91 Å². The van der Waals surface area contributed by atoms with Crippen molar-refractivity contribution in [3.05, 3.63) is 58.9 Å². The molecule has 162 valence electrons. The van der Waals surface area contributed by atoms with Crippen LogP contribution in [0, 0.1) is 19.8 Å². The number of methoxy groups -OCH3 is 1. The highest BCUT2D eigenvalue weighted by atomic mass is 16.5. The second-order valence-corrected chi connectivity index (χ2v) is 7.67. The van der Waals surface area contributed by atoms with Crippen LogP contribution >= 0.6 is 0 Å². The average molecular weight is 414 g/mol. The second kappa shape index (κ2) is 10.6. The highest BCUT2D eigenvalue weighted by Crippen LogP contribution is 2.24. The van der Waals surface area contributed by atoms with Crippen LogP contribution in [0.4, 0.5) is 4.79 Å². The third-order valence-electron chi connectivity index (χ3n) is 4.93. The summed E-state index contributed by atoms with van der Waals surface area (Å²) in [5.41, 5.74) is 3.47. The number of nitrogens with zero attached hydrogens (tertiary/aromatic N) is 2. The molecule has 0 unspecified atom stereocenters. The zero-order valence-corrected chi connectivity index (χ0v) is 18.6. The number of pyridine rings is 1. The van der Waals surface area contributed by atoms with E-state index < -0.39 is 12.1 Å². The van der Waals surface area contributed by atoms with E-state index in [1.54, 1.807) is 25.3 Å². The maximum atomic E-state index is 13.0. The zero-order valence-electron chi connectivity index (χ0n) is 18.6. The molecule has 2 aromatic rings. The number of hydrogen-bond donors (Lipinski definition) is 1. The maximum Gasteiger partial charge on any atom is 0.408 e. The largest absolute Gasteiger partial charge is 0.496 e. The maximum absolute atomic E-state index is 13.0. The van der Waals surface area contributed by atoms with Crippen molar-refractivity contribution in [1.82, 2.24) is 15.2 Å². The number of aryl methyl sites for hydroxylation is 1. The molecule has 0 aliphatic heterocycles. The molecule has 0 aliphatic carbocycles. The molecule has 30 heavy (non-hydrogen) atoms. The van der Waals surface area contributed by atoms with Crippen molar-refractivity contribution in [2.24, 2.45) is 5.92 Å². The fraction of sp³-hybridized carbons (Fsp3) is 0.435. The van der Waals surface area contributed by atoms with Crippen molar-refractivity contribution in [1.29, 1.82) is 0 Å². The molecule has 0 saturated heterocycles. The van der Waals surface area contributed by atoms with Gasteiger partial charge in [0.25, 0.3) is 0 Å². The molecule has 7 nitrogen and oxygen atoms in total. The minimum Gasteiger partial charge on any atom is -0.496 e. The van der Waals surface area contributed by atoms with Crippen LogP contribution in [-0.4, -0.2) is 42.1 Å². The summed E-state index contributed by atoms with van der Waals surface area (Å²) in [6, 6.07) is 8.69. The topological polar surface area (TPSA) is 80.8 Å². The van der Waals surface area contributed by atoms with E-state index in [2.05, 4.69) is 10.3 Å². The van der Waals surface area contributed by atoms with Gasteiger partial charge in [0.15, 0.2) is 0 Å². The van der Waals surface area contributed by atoms with Gasteiger partial charge >= 0.3 is 6.09 Å². The number of benzene rings is 1. The summed E-state index contributed by atoms with van der Waals surface area (Å²) in [7, 11) is 3.32. The molecule has 0 bridgehead atoms. The molecule has 0 fully saturated rings. The monoisotopic (exact) mass is 413 g/mol. The number of carbonyl (C=O) groups is 2. The van der Waals surface area contributed by atoms with Gasteiger partial charge in [-0.1, -0.05) is 44.2 Å². The number of likely N-dealkylation sites (N-methyl/N-ethyl adjacent to an activating group) is 1. The van der Waals surface area contributed by atoms with Crippen LogP contribution in [0.15, 0.2) is 36.5 Å². The predicted octanol–water partition coefficient (Wildman–Crippen LogP) is 3.62. The number of hydrogen-bond acceptors (Lipinski definition) is 5. The molecule has 1 aromatic carbocycles. The van der Waals surface area contributed by atoms with Crippen molar-refractivity contribution in [2.45, 2.75) is 46.9 Å². The Kier molecular flexibility index (Phi) is 8.21. The Balaban J connectivity index is 2.03. The van der Waals surface area contributed by atoms with E-state index in [1.165, 1.54) is 0 Å². The molecule has 0 aliphatic rings. The first-order valence-electron chi connectivity index (χ1n) is 9.95. The lowest BCUT2D eigenvalue weighted by Gasteiger charge is -2.27. The van der Waals surface area contributed by atoms with E-state index in [-0.39, 0.29) is 18.4 Å². The molecule has 1 atom stereocenters. The lowest BCUT2D eigenvalue weighted by atomic mass is 10.0. The summed E-state index contributed by atoms with van der Waals surface area (Å²) >= 11 is 0. The summed E-state index contributed by atoms with van der Waals surface area (Å²) in [6.07, 6.45) is 1.11. The quantitative estimate of drug-likeness (QED) is 0.715. The molecular weight excluding hydrogens is 382 g/mol. The first-order chi connectivity index (χ1) is 14.2. The van der Waals surface area contributed by atoms with E-state index >= 15 is 0 Å². The number of rotatable bonds is 8. The molecule has 7 heteroatoms. The lowest BCUT2D eigenvalue weighted by Crippen LogP contribution is -2.50. The number of aromatic nitrogens is 1. The predicted molar refractivity (Wildman–Crippen MR) is 115 cm³/mol. The minimum atomic E-state index is -0.703. The van der Waals surface area contributed by atoms with E-state index in [9.17, 15) is 9.59 Å². The Labute approximate surface area is 178 Å². The van der Waals surface area contributed by atoms with Gasteiger partial charge in [-0.15, -0.1) is 0 Å². The van der Waals surface area contributed by atoms with Crippen LogP contribution in [0.3, 0.4) is 0 Å². The molecule has 0 saturated carbocycles. The number of amides is 2. The SMILES string of the molecule is COc1c(C)cnc(CN(C)C(=O)[C@@H](NC(=O)OCc2ccccc2)C(C)C)c1C. The van der Waals surface area contributed by atoms with Crippen molar-refractivity contribution in [2.75, 3.05) is 14.2 Å². The first kappa shape index (κ1) is 23.2. The van der Waals surface area contributed by atoms with Crippen molar-refractivity contribution < 1.29 is 19.1 Å². The Morgan fingerprint density at radius 2 is 1.83 bits per heavy atom. The number of nitrogens with one attached hydrogen (secondary N) is 1. The summed E-state index contributed by atoms with van der Waals surface area (Å²) in [5, 5.41) is 2.70. The highest BCUT2D eigenvalue weighted by Gasteiger charge is 2.28. The molecular formula is C23H31N3O4. The fourth-order valence-corrected chi connectivity index (χ4v) is 3.18. The molecule has 2 rings (SSSR count). The highest BCUT2D eigenvalue weighted by molar-refractivity contribution is 5.85. The fourth-order valence-electron chi connectivity index (χ4n) is 3.18. The van der Waals surface area contributed by atoms with Crippen LogP contribution in [0.5, 0.6) is 5.75 Å². The van der Waals surface area contributed by atoms with Crippen LogP contribution in [0.2, 0.25) is 0 Å².